The molecule has 0 unspecified atom stereocenters. The summed E-state index contributed by atoms with van der Waals surface area (Å²) in [5.74, 6) is -0.302. The summed E-state index contributed by atoms with van der Waals surface area (Å²) in [6.45, 7) is 0.279. The number of hydrogen-bond donors (Lipinski definition) is 2. The summed E-state index contributed by atoms with van der Waals surface area (Å²) >= 11 is 0. The Morgan fingerprint density at radius 1 is 1.03 bits per heavy atom. The Morgan fingerprint density at radius 2 is 1.75 bits per heavy atom. The zero-order valence-corrected chi connectivity index (χ0v) is 17.2. The van der Waals surface area contributed by atoms with Crippen molar-refractivity contribution in [1.82, 2.24) is 0 Å². The van der Waals surface area contributed by atoms with E-state index in [1.165, 1.54) is 25.3 Å². The molecule has 160 valence electrons. The van der Waals surface area contributed by atoms with Crippen LogP contribution in [0.4, 0.5) is 5.69 Å². The van der Waals surface area contributed by atoms with E-state index >= 15 is 0 Å². The molecule has 0 saturated heterocycles. The molecule has 0 aromatic heterocycles. The van der Waals surface area contributed by atoms with Gasteiger partial charge in [0.2, 0.25) is 0 Å². The maximum Gasteiger partial charge on any atom is 0.335 e. The largest absolute Gasteiger partial charge is 0.497 e. The van der Waals surface area contributed by atoms with Gasteiger partial charge in [-0.3, -0.25) is 4.79 Å². The van der Waals surface area contributed by atoms with Gasteiger partial charge in [-0.05, 0) is 53.6 Å². The van der Waals surface area contributed by atoms with Gasteiger partial charge in [0.25, 0.3) is 5.91 Å². The van der Waals surface area contributed by atoms with Crippen LogP contribution < -0.4 is 14.8 Å². The number of rotatable bonds is 8. The summed E-state index contributed by atoms with van der Waals surface area (Å²) in [6.07, 6.45) is 1.49. The highest BCUT2D eigenvalue weighted by molar-refractivity contribution is 6.09. The third-order valence-electron chi connectivity index (χ3n) is 4.49. The van der Waals surface area contributed by atoms with Gasteiger partial charge in [-0.2, -0.15) is 5.26 Å². The Morgan fingerprint density at radius 3 is 2.38 bits per heavy atom. The van der Waals surface area contributed by atoms with Gasteiger partial charge in [0.05, 0.1) is 12.7 Å². The molecule has 3 aromatic rings. The average molecular weight is 428 g/mol. The molecular weight excluding hydrogens is 408 g/mol. The highest BCUT2D eigenvalue weighted by Gasteiger charge is 2.10. The molecule has 2 N–H and O–H groups in total. The minimum absolute atomic E-state index is 0.0417. The van der Waals surface area contributed by atoms with Crippen LogP contribution in [0.15, 0.2) is 78.4 Å². The Kier molecular flexibility index (Phi) is 7.23. The van der Waals surface area contributed by atoms with Gasteiger partial charge in [0, 0.05) is 11.8 Å². The number of methoxy groups -OCH3 is 1. The van der Waals surface area contributed by atoms with Crippen LogP contribution in [0.25, 0.3) is 6.08 Å². The summed E-state index contributed by atoms with van der Waals surface area (Å²) in [7, 11) is 1.53. The standard InChI is InChI=1S/C25H20N2O5/c1-31-23-4-2-3-21(14-23)27-24(28)20(15-26)13-17-7-11-22(12-8-17)32-16-18-5-9-19(10-6-18)25(29)30/h2-14H,16H2,1H3,(H,27,28)(H,29,30). The predicted octanol–water partition coefficient (Wildman–Crippen LogP) is 4.52. The van der Waals surface area contributed by atoms with Gasteiger partial charge in [-0.15, -0.1) is 0 Å². The number of carbonyl (C=O) groups excluding carboxylic acids is 1. The number of aromatic carboxylic acids is 1. The molecule has 0 heterocycles. The molecule has 0 aliphatic heterocycles. The van der Waals surface area contributed by atoms with Crippen molar-refractivity contribution in [1.29, 1.82) is 5.26 Å². The number of nitrogens with one attached hydrogen (secondary N) is 1. The summed E-state index contributed by atoms with van der Waals surface area (Å²) in [5.41, 5.74) is 2.20. The lowest BCUT2D eigenvalue weighted by Crippen LogP contribution is -2.13. The van der Waals surface area contributed by atoms with Crippen molar-refractivity contribution < 1.29 is 24.2 Å². The molecule has 0 radical (unpaired) electrons. The van der Waals surface area contributed by atoms with E-state index in [0.717, 1.165) is 5.56 Å². The molecule has 1 amide bonds. The van der Waals surface area contributed by atoms with Crippen molar-refractivity contribution in [3.05, 3.63) is 95.1 Å². The van der Waals surface area contributed by atoms with E-state index in [1.54, 1.807) is 60.7 Å². The van der Waals surface area contributed by atoms with Gasteiger partial charge >= 0.3 is 5.97 Å². The fourth-order valence-corrected chi connectivity index (χ4v) is 2.79. The third kappa shape index (κ3) is 5.97. The lowest BCUT2D eigenvalue weighted by Gasteiger charge is -2.08. The third-order valence-corrected chi connectivity index (χ3v) is 4.49. The number of nitrogens with zero attached hydrogens (tertiary/aromatic N) is 1. The number of amides is 1. The van der Waals surface area contributed by atoms with Crippen molar-refractivity contribution in [2.75, 3.05) is 12.4 Å². The molecular formula is C25H20N2O5. The molecule has 0 aliphatic rings. The van der Waals surface area contributed by atoms with Crippen LogP contribution in [-0.2, 0) is 11.4 Å². The maximum atomic E-state index is 12.4. The quantitative estimate of drug-likeness (QED) is 0.403. The minimum atomic E-state index is -0.977. The van der Waals surface area contributed by atoms with Crippen LogP contribution in [0.2, 0.25) is 0 Å². The Hall–Kier alpha value is -4.57. The summed E-state index contributed by atoms with van der Waals surface area (Å²) < 4.78 is 10.8. The summed E-state index contributed by atoms with van der Waals surface area (Å²) in [5, 5.41) is 21.0. The number of anilines is 1. The van der Waals surface area contributed by atoms with Crippen LogP contribution in [0, 0.1) is 11.3 Å². The number of nitriles is 1. The maximum absolute atomic E-state index is 12.4. The van der Waals surface area contributed by atoms with Gasteiger partial charge in [0.1, 0.15) is 29.7 Å². The monoisotopic (exact) mass is 428 g/mol. The highest BCUT2D eigenvalue weighted by atomic mass is 16.5. The SMILES string of the molecule is COc1cccc(NC(=O)C(C#N)=Cc2ccc(OCc3ccc(C(=O)O)cc3)cc2)c1. The second kappa shape index (κ2) is 10.5. The van der Waals surface area contributed by atoms with Crippen LogP contribution in [0.5, 0.6) is 11.5 Å². The summed E-state index contributed by atoms with van der Waals surface area (Å²) in [4.78, 5) is 23.3. The summed E-state index contributed by atoms with van der Waals surface area (Å²) in [6, 6.07) is 22.1. The molecule has 7 heteroatoms. The predicted molar refractivity (Wildman–Crippen MR) is 119 cm³/mol. The van der Waals surface area contributed by atoms with E-state index in [4.69, 9.17) is 14.6 Å². The van der Waals surface area contributed by atoms with Gasteiger partial charge in [0.15, 0.2) is 0 Å². The second-order valence-corrected chi connectivity index (χ2v) is 6.72. The fourth-order valence-electron chi connectivity index (χ4n) is 2.79. The number of carboxylic acid groups (broad SMARTS) is 1. The van der Waals surface area contributed by atoms with Crippen molar-refractivity contribution in [2.24, 2.45) is 0 Å². The van der Waals surface area contributed by atoms with Crippen LogP contribution in [0.3, 0.4) is 0 Å². The Labute approximate surface area is 185 Å². The molecule has 0 spiro atoms. The lowest BCUT2D eigenvalue weighted by molar-refractivity contribution is -0.112. The molecule has 7 nitrogen and oxygen atoms in total. The molecule has 32 heavy (non-hydrogen) atoms. The molecule has 0 aliphatic carbocycles. The van der Waals surface area contributed by atoms with E-state index < -0.39 is 11.9 Å². The van der Waals surface area contributed by atoms with Crippen molar-refractivity contribution in [3.8, 4) is 17.6 Å². The topological polar surface area (TPSA) is 109 Å². The first-order valence-electron chi connectivity index (χ1n) is 9.61. The van der Waals surface area contributed by atoms with E-state index in [1.807, 2.05) is 6.07 Å². The fraction of sp³-hybridized carbons (Fsp3) is 0.0800. The van der Waals surface area contributed by atoms with Crippen LogP contribution in [-0.4, -0.2) is 24.1 Å². The van der Waals surface area contributed by atoms with Crippen molar-refractivity contribution in [2.45, 2.75) is 6.61 Å². The molecule has 0 atom stereocenters. The Bertz CT molecular complexity index is 1180. The first kappa shape index (κ1) is 22.1. The zero-order chi connectivity index (χ0) is 22.9. The van der Waals surface area contributed by atoms with E-state index in [2.05, 4.69) is 5.32 Å². The molecule has 0 fully saturated rings. The van der Waals surface area contributed by atoms with Crippen LogP contribution in [0.1, 0.15) is 21.5 Å². The van der Waals surface area contributed by atoms with Gasteiger partial charge < -0.3 is 19.9 Å². The van der Waals surface area contributed by atoms with Crippen molar-refractivity contribution >= 4 is 23.6 Å². The van der Waals surface area contributed by atoms with Gasteiger partial charge in [-0.25, -0.2) is 4.79 Å². The van der Waals surface area contributed by atoms with E-state index in [0.29, 0.717) is 22.7 Å². The lowest BCUT2D eigenvalue weighted by atomic mass is 10.1. The number of benzene rings is 3. The number of carboxylic acids is 1. The number of hydrogen-bond acceptors (Lipinski definition) is 5. The van der Waals surface area contributed by atoms with Crippen LogP contribution >= 0.6 is 0 Å². The molecule has 0 bridgehead atoms. The smallest absolute Gasteiger partial charge is 0.335 e. The molecule has 0 saturated carbocycles. The Balaban J connectivity index is 1.62. The normalized spacial score (nSPS) is 10.7. The van der Waals surface area contributed by atoms with E-state index in [9.17, 15) is 14.9 Å². The molecule has 3 aromatic carbocycles. The second-order valence-electron chi connectivity index (χ2n) is 6.72. The number of carbonyl (C=O) groups is 2. The number of ether oxygens (including phenoxy) is 2. The molecule has 3 rings (SSSR count). The first-order valence-corrected chi connectivity index (χ1v) is 9.61. The van der Waals surface area contributed by atoms with Gasteiger partial charge in [-0.1, -0.05) is 30.3 Å². The van der Waals surface area contributed by atoms with Crippen molar-refractivity contribution in [3.63, 3.8) is 0 Å². The first-order chi connectivity index (χ1) is 15.5. The zero-order valence-electron chi connectivity index (χ0n) is 17.2. The minimum Gasteiger partial charge on any atom is -0.497 e. The highest BCUT2D eigenvalue weighted by Crippen LogP contribution is 2.19. The average Bonchev–Trinajstić information content (AvgIpc) is 2.82. The van der Waals surface area contributed by atoms with E-state index in [-0.39, 0.29) is 17.7 Å².